The highest BCUT2D eigenvalue weighted by Crippen LogP contribution is 2.30. The molecule has 1 aromatic heterocycles. The molecule has 3 heterocycles. The number of hydrogen-bond acceptors (Lipinski definition) is 6. The first-order valence-electron chi connectivity index (χ1n) is 12.9. The third-order valence-electron chi connectivity index (χ3n) is 7.41. The van der Waals surface area contributed by atoms with Crippen molar-refractivity contribution in [2.24, 2.45) is 5.73 Å². The quantitative estimate of drug-likeness (QED) is 0.359. The number of halogens is 2. The fourth-order valence-corrected chi connectivity index (χ4v) is 5.79. The number of fused-ring (bicyclic) bond motifs is 1. The van der Waals surface area contributed by atoms with Gasteiger partial charge in [0.1, 0.15) is 17.6 Å². The monoisotopic (exact) mass is 558 g/mol. The molecule has 1 aromatic carbocycles. The summed E-state index contributed by atoms with van der Waals surface area (Å²) in [7, 11) is 0. The van der Waals surface area contributed by atoms with Crippen molar-refractivity contribution in [3.63, 3.8) is 0 Å². The van der Waals surface area contributed by atoms with Crippen LogP contribution in [0.1, 0.15) is 43.4 Å². The van der Waals surface area contributed by atoms with Gasteiger partial charge in [0.25, 0.3) is 0 Å². The standard InChI is InChI=1S/C27H32Cl2N6O3/c28-22-14-21(35(38)17-23(22)29)15-32-26(36)24(7-4-11-30)33-12-10-20(9-8-18-5-2-1-3-6-18)34-16-19(31)13-25(34)27(33)37/h1-3,5-6,14,17,19-20,24-25H,4,7-10,12-13,15-16,31H2,(H,32,36)/t19-,20?,24-,25+/m1/s1. The zero-order valence-corrected chi connectivity index (χ0v) is 22.6. The summed E-state index contributed by atoms with van der Waals surface area (Å²) in [6.07, 6.45) is 4.43. The third-order valence-corrected chi connectivity index (χ3v) is 8.12. The molecule has 0 radical (unpaired) electrons. The average Bonchev–Trinajstić information content (AvgIpc) is 3.25. The van der Waals surface area contributed by atoms with Crippen molar-refractivity contribution in [2.45, 2.75) is 69.2 Å². The van der Waals surface area contributed by atoms with E-state index in [-0.39, 0.29) is 53.1 Å². The number of hydrogen-bond donors (Lipinski definition) is 2. The lowest BCUT2D eigenvalue weighted by Crippen LogP contribution is -2.53. The molecule has 38 heavy (non-hydrogen) atoms. The second kappa shape index (κ2) is 12.8. The average molecular weight is 559 g/mol. The molecule has 2 amide bonds. The highest BCUT2D eigenvalue weighted by atomic mass is 35.5. The number of benzene rings is 1. The SMILES string of the molecule is N#CCC[C@H](C(=O)NCc1cc(Cl)c(Cl)c[n+]1[O-])N1CCC(CCc2ccccc2)N2C[C@H](N)C[C@H]2C1=O. The van der Waals surface area contributed by atoms with Gasteiger partial charge < -0.3 is 21.2 Å². The Morgan fingerprint density at radius 2 is 2.05 bits per heavy atom. The minimum atomic E-state index is -0.837. The Morgan fingerprint density at radius 3 is 2.79 bits per heavy atom. The Hall–Kier alpha value is -2.90. The van der Waals surface area contributed by atoms with Crippen molar-refractivity contribution in [1.82, 2.24) is 15.1 Å². The van der Waals surface area contributed by atoms with E-state index in [1.54, 1.807) is 4.90 Å². The maximum atomic E-state index is 13.8. The molecule has 0 bridgehead atoms. The summed E-state index contributed by atoms with van der Waals surface area (Å²) in [6, 6.07) is 12.5. The zero-order valence-electron chi connectivity index (χ0n) is 21.1. The van der Waals surface area contributed by atoms with Crippen LogP contribution in [0.2, 0.25) is 10.0 Å². The van der Waals surface area contributed by atoms with Gasteiger partial charge in [-0.25, -0.2) is 0 Å². The van der Waals surface area contributed by atoms with E-state index < -0.39 is 18.0 Å². The van der Waals surface area contributed by atoms with E-state index in [1.165, 1.54) is 11.6 Å². The summed E-state index contributed by atoms with van der Waals surface area (Å²) in [5.41, 5.74) is 7.75. The van der Waals surface area contributed by atoms with Gasteiger partial charge in [0, 0.05) is 37.7 Å². The number of nitriles is 1. The molecule has 0 aliphatic carbocycles. The van der Waals surface area contributed by atoms with Crippen molar-refractivity contribution in [1.29, 1.82) is 5.26 Å². The fraction of sp³-hybridized carbons (Fsp3) is 0.481. The molecular formula is C27H32Cl2N6O3. The van der Waals surface area contributed by atoms with E-state index >= 15 is 0 Å². The Bertz CT molecular complexity index is 1190. The van der Waals surface area contributed by atoms with Gasteiger partial charge in [0.2, 0.25) is 23.7 Å². The van der Waals surface area contributed by atoms with Crippen molar-refractivity contribution in [2.75, 3.05) is 13.1 Å². The van der Waals surface area contributed by atoms with Gasteiger partial charge in [-0.3, -0.25) is 14.5 Å². The van der Waals surface area contributed by atoms with Gasteiger partial charge in [-0.2, -0.15) is 9.99 Å². The van der Waals surface area contributed by atoms with Crippen molar-refractivity contribution in [3.05, 3.63) is 69.1 Å². The van der Waals surface area contributed by atoms with Crippen LogP contribution in [-0.2, 0) is 22.6 Å². The third kappa shape index (κ3) is 6.56. The molecule has 9 nitrogen and oxygen atoms in total. The lowest BCUT2D eigenvalue weighted by Gasteiger charge is -2.32. The second-order valence-electron chi connectivity index (χ2n) is 9.92. The normalized spacial score (nSPS) is 22.4. The van der Waals surface area contributed by atoms with Gasteiger partial charge in [-0.15, -0.1) is 0 Å². The van der Waals surface area contributed by atoms with Gasteiger partial charge in [0.15, 0.2) is 0 Å². The minimum Gasteiger partial charge on any atom is -0.618 e. The van der Waals surface area contributed by atoms with Crippen LogP contribution in [0, 0.1) is 16.5 Å². The van der Waals surface area contributed by atoms with E-state index in [9.17, 15) is 20.1 Å². The van der Waals surface area contributed by atoms with Crippen LogP contribution in [0.15, 0.2) is 42.6 Å². The predicted octanol–water partition coefficient (Wildman–Crippen LogP) is 2.55. The van der Waals surface area contributed by atoms with Crippen LogP contribution in [0.3, 0.4) is 0 Å². The summed E-state index contributed by atoms with van der Waals surface area (Å²) in [5.74, 6) is -0.553. The number of nitrogens with two attached hydrogens (primary N) is 1. The summed E-state index contributed by atoms with van der Waals surface area (Å²) in [4.78, 5) is 31.0. The number of nitrogens with zero attached hydrogens (tertiary/aromatic N) is 4. The molecular weight excluding hydrogens is 527 g/mol. The number of rotatable bonds is 9. The summed E-state index contributed by atoms with van der Waals surface area (Å²) in [6.45, 7) is 0.947. The largest absolute Gasteiger partial charge is 0.618 e. The number of amides is 2. The summed E-state index contributed by atoms with van der Waals surface area (Å²) in [5, 5.41) is 24.5. The Kier molecular flexibility index (Phi) is 9.44. The van der Waals surface area contributed by atoms with Gasteiger partial charge >= 0.3 is 0 Å². The number of aryl methyl sites for hydroxylation is 1. The topological polar surface area (TPSA) is 129 Å². The molecule has 2 aromatic rings. The molecule has 1 unspecified atom stereocenters. The molecule has 11 heteroatoms. The molecule has 0 spiro atoms. The maximum Gasteiger partial charge on any atom is 0.243 e. The number of nitrogens with one attached hydrogen (secondary N) is 1. The summed E-state index contributed by atoms with van der Waals surface area (Å²) < 4.78 is 0.547. The fourth-order valence-electron chi connectivity index (χ4n) is 5.47. The van der Waals surface area contributed by atoms with Crippen LogP contribution >= 0.6 is 23.2 Å². The lowest BCUT2D eigenvalue weighted by molar-refractivity contribution is -0.614. The van der Waals surface area contributed by atoms with Crippen LogP contribution in [0.25, 0.3) is 0 Å². The molecule has 0 saturated carbocycles. The Balaban J connectivity index is 1.51. The smallest absolute Gasteiger partial charge is 0.243 e. The Morgan fingerprint density at radius 1 is 1.29 bits per heavy atom. The highest BCUT2D eigenvalue weighted by Gasteiger charge is 2.45. The molecule has 2 saturated heterocycles. The van der Waals surface area contributed by atoms with Crippen molar-refractivity contribution >= 4 is 35.0 Å². The summed E-state index contributed by atoms with van der Waals surface area (Å²) >= 11 is 11.9. The van der Waals surface area contributed by atoms with Crippen molar-refractivity contribution in [3.8, 4) is 6.07 Å². The molecule has 3 N–H and O–H groups in total. The van der Waals surface area contributed by atoms with Gasteiger partial charge in [-0.1, -0.05) is 53.5 Å². The first-order valence-corrected chi connectivity index (χ1v) is 13.6. The van der Waals surface area contributed by atoms with E-state index in [0.717, 1.165) is 19.0 Å². The van der Waals surface area contributed by atoms with E-state index in [0.29, 0.717) is 30.7 Å². The maximum absolute atomic E-state index is 13.8. The molecule has 4 rings (SSSR count). The van der Waals surface area contributed by atoms with Crippen LogP contribution in [-0.4, -0.2) is 58.9 Å². The second-order valence-corrected chi connectivity index (χ2v) is 10.7. The van der Waals surface area contributed by atoms with E-state index in [4.69, 9.17) is 28.9 Å². The minimum absolute atomic E-state index is 0.0928. The first-order chi connectivity index (χ1) is 18.3. The molecule has 2 aliphatic heterocycles. The van der Waals surface area contributed by atoms with E-state index in [1.807, 2.05) is 18.2 Å². The number of carbonyl (C=O) groups excluding carboxylic acids is 2. The number of aromatic nitrogens is 1. The predicted molar refractivity (Wildman–Crippen MR) is 144 cm³/mol. The molecule has 202 valence electrons. The van der Waals surface area contributed by atoms with Crippen molar-refractivity contribution < 1.29 is 14.3 Å². The lowest BCUT2D eigenvalue weighted by atomic mass is 10.0. The zero-order chi connectivity index (χ0) is 27.2. The molecule has 2 fully saturated rings. The van der Waals surface area contributed by atoms with Crippen LogP contribution in [0.4, 0.5) is 0 Å². The number of pyridine rings is 1. The molecule has 2 aliphatic rings. The molecule has 4 atom stereocenters. The van der Waals surface area contributed by atoms with Gasteiger partial charge in [-0.05, 0) is 37.7 Å². The highest BCUT2D eigenvalue weighted by molar-refractivity contribution is 6.41. The van der Waals surface area contributed by atoms with E-state index in [2.05, 4.69) is 28.4 Å². The van der Waals surface area contributed by atoms with Gasteiger partial charge in [0.05, 0.1) is 17.1 Å². The Labute approximate surface area is 232 Å². The van der Waals surface area contributed by atoms with Crippen LogP contribution in [0.5, 0.6) is 0 Å². The number of carbonyl (C=O) groups is 2. The first kappa shape index (κ1) is 28.1. The van der Waals surface area contributed by atoms with Crippen LogP contribution < -0.4 is 15.8 Å².